The highest BCUT2D eigenvalue weighted by Gasteiger charge is 2.34. The molecule has 0 aliphatic rings. The van der Waals surface area contributed by atoms with Gasteiger partial charge in [0.05, 0.1) is 12.0 Å². The summed E-state index contributed by atoms with van der Waals surface area (Å²) in [6.07, 6.45) is 28.3. The summed E-state index contributed by atoms with van der Waals surface area (Å²) in [6.45, 7) is 4.51. The first-order valence-corrected chi connectivity index (χ1v) is 17.3. The van der Waals surface area contributed by atoms with Crippen LogP contribution in [0.1, 0.15) is 187 Å². The molecule has 0 heterocycles. The van der Waals surface area contributed by atoms with Gasteiger partial charge in [-0.15, -0.1) is 0 Å². The predicted octanol–water partition coefficient (Wildman–Crippen LogP) is 8.74. The number of Topliss-reactive ketones (excluding diaryl/α,β-unsaturated/α-hetero) is 1. The fourth-order valence-electron chi connectivity index (χ4n) is 5.68. The molecule has 0 aliphatic heterocycles. The van der Waals surface area contributed by atoms with Gasteiger partial charge in [0.2, 0.25) is 0 Å². The van der Waals surface area contributed by atoms with Crippen molar-refractivity contribution in [2.24, 2.45) is 11.7 Å². The van der Waals surface area contributed by atoms with E-state index < -0.39 is 30.1 Å². The minimum atomic E-state index is -1.44. The minimum Gasteiger partial charge on any atom is -0.392 e. The standard InChI is InChI=1S/C34H69NO4/c1-3-5-7-9-11-13-15-17-19-20-22-24-26-28-30(36)32(34(35)39)33(38)31(37)29-27-25-23-21-18-16-14-12-10-8-6-4-2/h30-32,34,36-37,39H,3-29,35H2,1-2H3/t30-,31+,32-,34?/m1/s1. The van der Waals surface area contributed by atoms with Crippen LogP contribution < -0.4 is 5.73 Å². The van der Waals surface area contributed by atoms with Crippen LogP contribution in [0.25, 0.3) is 0 Å². The molecular formula is C34H69NO4. The second kappa shape index (κ2) is 29.0. The number of hydrogen-bond acceptors (Lipinski definition) is 5. The molecule has 0 radical (unpaired) electrons. The number of hydrogen-bond donors (Lipinski definition) is 4. The molecule has 5 nitrogen and oxygen atoms in total. The number of unbranched alkanes of at least 4 members (excludes halogenated alkanes) is 23. The van der Waals surface area contributed by atoms with Gasteiger partial charge >= 0.3 is 0 Å². The summed E-state index contributed by atoms with van der Waals surface area (Å²) in [5, 5.41) is 30.9. The molecule has 0 bridgehead atoms. The lowest BCUT2D eigenvalue weighted by Gasteiger charge is -2.26. The molecule has 0 aromatic heterocycles. The van der Waals surface area contributed by atoms with E-state index in [-0.39, 0.29) is 0 Å². The molecule has 0 aromatic carbocycles. The van der Waals surface area contributed by atoms with E-state index in [2.05, 4.69) is 13.8 Å². The number of nitrogens with two attached hydrogens (primary N) is 1. The number of rotatable bonds is 31. The second-order valence-corrected chi connectivity index (χ2v) is 12.2. The highest BCUT2D eigenvalue weighted by Crippen LogP contribution is 2.20. The Kier molecular flexibility index (Phi) is 28.7. The van der Waals surface area contributed by atoms with Gasteiger partial charge in [0.25, 0.3) is 0 Å². The summed E-state index contributed by atoms with van der Waals surface area (Å²) < 4.78 is 0. The smallest absolute Gasteiger partial charge is 0.170 e. The first-order valence-electron chi connectivity index (χ1n) is 17.3. The fraction of sp³-hybridized carbons (Fsp3) is 0.971. The Balaban J connectivity index is 3.85. The lowest BCUT2D eigenvalue weighted by molar-refractivity contribution is -0.140. The maximum absolute atomic E-state index is 12.7. The van der Waals surface area contributed by atoms with E-state index in [1.54, 1.807) is 0 Å². The third-order valence-electron chi connectivity index (χ3n) is 8.37. The van der Waals surface area contributed by atoms with Crippen LogP contribution in [0.3, 0.4) is 0 Å². The van der Waals surface area contributed by atoms with Crippen LogP contribution in [0, 0.1) is 5.92 Å². The van der Waals surface area contributed by atoms with E-state index in [4.69, 9.17) is 5.73 Å². The SMILES string of the molecule is CCCCCCCCCCCCCCC[C@@H](O)[C@H](C(=O)[C@@H](O)CCCCCCCCCCCCCC)C(N)O. The van der Waals surface area contributed by atoms with Gasteiger partial charge in [0.15, 0.2) is 5.78 Å². The van der Waals surface area contributed by atoms with Gasteiger partial charge < -0.3 is 21.1 Å². The molecule has 0 aliphatic carbocycles. The van der Waals surface area contributed by atoms with Crippen molar-refractivity contribution < 1.29 is 20.1 Å². The average molecular weight is 556 g/mol. The summed E-state index contributed by atoms with van der Waals surface area (Å²) >= 11 is 0. The Bertz CT molecular complexity index is 513. The second-order valence-electron chi connectivity index (χ2n) is 12.2. The van der Waals surface area contributed by atoms with Gasteiger partial charge in [0.1, 0.15) is 12.3 Å². The van der Waals surface area contributed by atoms with Crippen molar-refractivity contribution in [3.05, 3.63) is 0 Å². The monoisotopic (exact) mass is 556 g/mol. The minimum absolute atomic E-state index is 0.380. The number of aliphatic hydroxyl groups is 3. The van der Waals surface area contributed by atoms with Gasteiger partial charge in [-0.25, -0.2) is 0 Å². The van der Waals surface area contributed by atoms with Crippen molar-refractivity contribution >= 4 is 5.78 Å². The normalized spacial score (nSPS) is 14.8. The van der Waals surface area contributed by atoms with E-state index in [0.717, 1.165) is 38.5 Å². The van der Waals surface area contributed by atoms with E-state index >= 15 is 0 Å². The summed E-state index contributed by atoms with van der Waals surface area (Å²) in [5.41, 5.74) is 5.65. The third kappa shape index (κ3) is 23.9. The maximum atomic E-state index is 12.7. The van der Waals surface area contributed by atoms with Gasteiger partial charge in [-0.05, 0) is 12.8 Å². The van der Waals surface area contributed by atoms with Crippen molar-refractivity contribution in [1.29, 1.82) is 0 Å². The van der Waals surface area contributed by atoms with E-state index in [9.17, 15) is 20.1 Å². The molecule has 1 unspecified atom stereocenters. The molecule has 0 spiro atoms. The highest BCUT2D eigenvalue weighted by molar-refractivity contribution is 5.86. The Morgan fingerprint density at radius 2 is 0.769 bits per heavy atom. The van der Waals surface area contributed by atoms with Gasteiger partial charge in [-0.1, -0.05) is 174 Å². The molecule has 4 atom stereocenters. The van der Waals surface area contributed by atoms with Crippen LogP contribution in [-0.2, 0) is 4.79 Å². The van der Waals surface area contributed by atoms with E-state index in [0.29, 0.717) is 12.8 Å². The Labute approximate surface area is 243 Å². The number of ketones is 1. The van der Waals surface area contributed by atoms with Gasteiger partial charge in [0, 0.05) is 0 Å². The highest BCUT2D eigenvalue weighted by atomic mass is 16.3. The number of carbonyl (C=O) groups excluding carboxylic acids is 1. The molecule has 39 heavy (non-hydrogen) atoms. The summed E-state index contributed by atoms with van der Waals surface area (Å²) in [4.78, 5) is 12.7. The zero-order valence-electron chi connectivity index (χ0n) is 26.2. The molecule has 5 heteroatoms. The van der Waals surface area contributed by atoms with Crippen molar-refractivity contribution in [2.45, 2.75) is 206 Å². The fourth-order valence-corrected chi connectivity index (χ4v) is 5.68. The van der Waals surface area contributed by atoms with Crippen LogP contribution in [-0.4, -0.2) is 39.5 Å². The van der Waals surface area contributed by atoms with Crippen LogP contribution in [0.2, 0.25) is 0 Å². The van der Waals surface area contributed by atoms with Crippen LogP contribution in [0.4, 0.5) is 0 Å². The summed E-state index contributed by atoms with van der Waals surface area (Å²) in [5.74, 6) is -1.61. The Morgan fingerprint density at radius 1 is 0.487 bits per heavy atom. The quantitative estimate of drug-likeness (QED) is 0.0506. The van der Waals surface area contributed by atoms with Crippen LogP contribution in [0.15, 0.2) is 0 Å². The maximum Gasteiger partial charge on any atom is 0.170 e. The molecule has 234 valence electrons. The predicted molar refractivity (Wildman–Crippen MR) is 167 cm³/mol. The number of aliphatic hydroxyl groups excluding tert-OH is 3. The Hall–Kier alpha value is -0.490. The molecule has 0 saturated carbocycles. The first kappa shape index (κ1) is 38.5. The summed E-state index contributed by atoms with van der Waals surface area (Å²) in [6, 6.07) is 0. The van der Waals surface area contributed by atoms with E-state index in [1.165, 1.54) is 122 Å². The molecular weight excluding hydrogens is 486 g/mol. The Morgan fingerprint density at radius 3 is 1.08 bits per heavy atom. The largest absolute Gasteiger partial charge is 0.392 e. The lowest BCUT2D eigenvalue weighted by Crippen LogP contribution is -2.47. The molecule has 0 amide bonds. The lowest BCUT2D eigenvalue weighted by atomic mass is 9.87. The summed E-state index contributed by atoms with van der Waals surface area (Å²) in [7, 11) is 0. The van der Waals surface area contributed by atoms with Crippen molar-refractivity contribution in [3.8, 4) is 0 Å². The van der Waals surface area contributed by atoms with Gasteiger partial charge in [-0.2, -0.15) is 0 Å². The third-order valence-corrected chi connectivity index (χ3v) is 8.37. The van der Waals surface area contributed by atoms with Crippen LogP contribution >= 0.6 is 0 Å². The topological polar surface area (TPSA) is 104 Å². The van der Waals surface area contributed by atoms with E-state index in [1.807, 2.05) is 0 Å². The molecule has 0 rings (SSSR count). The van der Waals surface area contributed by atoms with Crippen molar-refractivity contribution in [1.82, 2.24) is 0 Å². The van der Waals surface area contributed by atoms with Crippen molar-refractivity contribution in [3.63, 3.8) is 0 Å². The van der Waals surface area contributed by atoms with Crippen molar-refractivity contribution in [2.75, 3.05) is 0 Å². The zero-order valence-corrected chi connectivity index (χ0v) is 26.2. The zero-order chi connectivity index (χ0) is 29.0. The average Bonchev–Trinajstić information content (AvgIpc) is 2.91. The molecule has 0 fully saturated rings. The first-order chi connectivity index (χ1) is 19.0. The molecule has 5 N–H and O–H groups in total. The molecule has 0 saturated heterocycles. The van der Waals surface area contributed by atoms with Gasteiger partial charge in [-0.3, -0.25) is 4.79 Å². The van der Waals surface area contributed by atoms with Crippen LogP contribution in [0.5, 0.6) is 0 Å². The number of carbonyl (C=O) groups is 1. The molecule has 0 aromatic rings.